The monoisotopic (exact) mass is 322 g/mol. The molecule has 2 aromatic carbocycles. The predicted molar refractivity (Wildman–Crippen MR) is 95.3 cm³/mol. The van der Waals surface area contributed by atoms with Gasteiger partial charge in [0.15, 0.2) is 0 Å². The van der Waals surface area contributed by atoms with E-state index in [2.05, 4.69) is 37.4 Å². The Morgan fingerprint density at radius 3 is 2.62 bits per heavy atom. The highest BCUT2D eigenvalue weighted by atomic mass is 16.2. The molecule has 0 saturated carbocycles. The summed E-state index contributed by atoms with van der Waals surface area (Å²) in [6.45, 7) is 6.89. The first-order valence-electron chi connectivity index (χ1n) is 8.21. The number of hydrogen-bond donors (Lipinski definition) is 1. The quantitative estimate of drug-likeness (QED) is 0.944. The van der Waals surface area contributed by atoms with E-state index in [1.807, 2.05) is 12.1 Å². The van der Waals surface area contributed by atoms with Crippen LogP contribution in [0, 0.1) is 13.8 Å². The van der Waals surface area contributed by atoms with Crippen molar-refractivity contribution in [3.8, 4) is 0 Å². The summed E-state index contributed by atoms with van der Waals surface area (Å²) in [5, 5.41) is 2.98. The van der Waals surface area contributed by atoms with Crippen molar-refractivity contribution in [2.24, 2.45) is 0 Å². The van der Waals surface area contributed by atoms with E-state index in [9.17, 15) is 9.59 Å². The molecule has 2 aromatic rings. The summed E-state index contributed by atoms with van der Waals surface area (Å²) in [5.74, 6) is -0.0418. The third-order valence-electron chi connectivity index (χ3n) is 4.55. The predicted octanol–water partition coefficient (Wildman–Crippen LogP) is 3.14. The van der Waals surface area contributed by atoms with Crippen LogP contribution in [0.4, 0.5) is 5.69 Å². The minimum Gasteiger partial charge on any atom is -0.348 e. The third kappa shape index (κ3) is 3.18. The Labute approximate surface area is 142 Å². The normalized spacial score (nSPS) is 12.9. The fourth-order valence-corrected chi connectivity index (χ4v) is 3.19. The first kappa shape index (κ1) is 16.2. The van der Waals surface area contributed by atoms with E-state index in [-0.39, 0.29) is 11.8 Å². The van der Waals surface area contributed by atoms with Crippen molar-refractivity contribution in [2.45, 2.75) is 33.7 Å². The minimum absolute atomic E-state index is 0.0424. The van der Waals surface area contributed by atoms with Gasteiger partial charge in [0.1, 0.15) is 0 Å². The lowest BCUT2D eigenvalue weighted by molar-refractivity contribution is -0.116. The molecule has 1 N–H and O–H groups in total. The average Bonchev–Trinajstić information content (AvgIpc) is 2.97. The van der Waals surface area contributed by atoms with Crippen LogP contribution in [0.5, 0.6) is 0 Å². The van der Waals surface area contributed by atoms with Crippen LogP contribution < -0.4 is 10.2 Å². The second-order valence-electron chi connectivity index (χ2n) is 6.38. The molecule has 3 rings (SSSR count). The maximum absolute atomic E-state index is 12.4. The molecule has 0 bridgehead atoms. The van der Waals surface area contributed by atoms with Gasteiger partial charge in [-0.3, -0.25) is 9.59 Å². The topological polar surface area (TPSA) is 49.4 Å². The molecule has 0 saturated heterocycles. The Kier molecular flexibility index (Phi) is 4.38. The zero-order valence-corrected chi connectivity index (χ0v) is 14.3. The van der Waals surface area contributed by atoms with Crippen LogP contribution in [-0.2, 0) is 17.8 Å². The molecule has 0 radical (unpaired) electrons. The summed E-state index contributed by atoms with van der Waals surface area (Å²) in [6, 6.07) is 11.8. The van der Waals surface area contributed by atoms with E-state index >= 15 is 0 Å². The van der Waals surface area contributed by atoms with Gasteiger partial charge in [-0.25, -0.2) is 0 Å². The molecule has 0 unspecified atom stereocenters. The fourth-order valence-electron chi connectivity index (χ4n) is 3.19. The molecule has 1 aliphatic heterocycles. The van der Waals surface area contributed by atoms with E-state index in [1.165, 1.54) is 11.1 Å². The maximum Gasteiger partial charge on any atom is 0.251 e. The molecule has 0 fully saturated rings. The zero-order valence-electron chi connectivity index (χ0n) is 14.3. The number of fused-ring (bicyclic) bond motifs is 1. The summed E-state index contributed by atoms with van der Waals surface area (Å²) >= 11 is 0. The molecule has 1 heterocycles. The van der Waals surface area contributed by atoms with Crippen LogP contribution in [0.15, 0.2) is 36.4 Å². The highest BCUT2D eigenvalue weighted by Gasteiger charge is 2.23. The molecule has 0 atom stereocenters. The lowest BCUT2D eigenvalue weighted by atomic mass is 10.1. The number of aryl methyl sites for hydroxylation is 2. The van der Waals surface area contributed by atoms with Crippen LogP contribution in [-0.4, -0.2) is 18.4 Å². The van der Waals surface area contributed by atoms with E-state index in [0.717, 1.165) is 23.2 Å². The van der Waals surface area contributed by atoms with Crippen molar-refractivity contribution in [3.05, 3.63) is 64.2 Å². The van der Waals surface area contributed by atoms with Gasteiger partial charge in [0.25, 0.3) is 5.91 Å². The van der Waals surface area contributed by atoms with Crippen molar-refractivity contribution in [1.82, 2.24) is 5.32 Å². The Morgan fingerprint density at radius 2 is 1.92 bits per heavy atom. The van der Waals surface area contributed by atoms with E-state index in [0.29, 0.717) is 18.7 Å². The minimum atomic E-state index is -0.0842. The van der Waals surface area contributed by atoms with E-state index < -0.39 is 0 Å². The molecular weight excluding hydrogens is 300 g/mol. The van der Waals surface area contributed by atoms with Gasteiger partial charge in [0.2, 0.25) is 5.91 Å². The summed E-state index contributed by atoms with van der Waals surface area (Å²) in [7, 11) is 0. The van der Waals surface area contributed by atoms with Crippen LogP contribution in [0.25, 0.3) is 0 Å². The van der Waals surface area contributed by atoms with Gasteiger partial charge in [-0.2, -0.15) is 0 Å². The summed E-state index contributed by atoms with van der Waals surface area (Å²) in [6.07, 6.45) is 0.799. The van der Waals surface area contributed by atoms with Gasteiger partial charge in [-0.05, 0) is 55.2 Å². The zero-order chi connectivity index (χ0) is 17.3. The first-order chi connectivity index (χ1) is 11.5. The highest BCUT2D eigenvalue weighted by molar-refractivity contribution is 5.97. The van der Waals surface area contributed by atoms with Gasteiger partial charge >= 0.3 is 0 Å². The Hall–Kier alpha value is -2.62. The molecular formula is C20H22N2O2. The summed E-state index contributed by atoms with van der Waals surface area (Å²) < 4.78 is 0. The summed E-state index contributed by atoms with van der Waals surface area (Å²) in [4.78, 5) is 25.8. The molecule has 2 amide bonds. The van der Waals surface area contributed by atoms with Crippen LogP contribution in [0.1, 0.15) is 39.5 Å². The largest absolute Gasteiger partial charge is 0.348 e. The number of amides is 2. The van der Waals surface area contributed by atoms with Gasteiger partial charge in [-0.1, -0.05) is 23.8 Å². The van der Waals surface area contributed by atoms with Crippen molar-refractivity contribution < 1.29 is 9.59 Å². The van der Waals surface area contributed by atoms with Crippen LogP contribution in [0.3, 0.4) is 0 Å². The fraction of sp³-hybridized carbons (Fsp3) is 0.300. The number of hydrogen-bond acceptors (Lipinski definition) is 2. The maximum atomic E-state index is 12.4. The summed E-state index contributed by atoms with van der Waals surface area (Å²) in [5.41, 5.74) is 6.15. The Morgan fingerprint density at radius 1 is 1.12 bits per heavy atom. The Bertz CT molecular complexity index is 811. The van der Waals surface area contributed by atoms with Crippen molar-refractivity contribution >= 4 is 17.5 Å². The number of carbonyl (C=O) groups is 2. The molecule has 24 heavy (non-hydrogen) atoms. The van der Waals surface area contributed by atoms with Crippen molar-refractivity contribution in [1.29, 1.82) is 0 Å². The number of nitrogens with one attached hydrogen (secondary N) is 1. The second-order valence-corrected chi connectivity index (χ2v) is 6.38. The van der Waals surface area contributed by atoms with Crippen molar-refractivity contribution in [3.63, 3.8) is 0 Å². The molecule has 0 spiro atoms. The highest BCUT2D eigenvalue weighted by Crippen LogP contribution is 2.28. The number of anilines is 1. The number of nitrogens with zero attached hydrogens (tertiary/aromatic N) is 1. The Balaban J connectivity index is 1.71. The van der Waals surface area contributed by atoms with Crippen LogP contribution >= 0.6 is 0 Å². The smallest absolute Gasteiger partial charge is 0.251 e. The molecule has 1 aliphatic rings. The van der Waals surface area contributed by atoms with E-state index in [4.69, 9.17) is 0 Å². The lowest BCUT2D eigenvalue weighted by Gasteiger charge is -2.15. The standard InChI is InChI=1S/C20H22N2O2/c1-13-4-5-18(14(2)10-13)12-21-20(24)17-6-7-19-16(11-17)8-9-22(19)15(3)23/h4-7,10-11H,8-9,12H2,1-3H3,(H,21,24). The first-order valence-corrected chi connectivity index (χ1v) is 8.21. The van der Waals surface area contributed by atoms with Gasteiger partial charge < -0.3 is 10.2 Å². The van der Waals surface area contributed by atoms with Gasteiger partial charge in [0.05, 0.1) is 0 Å². The number of rotatable bonds is 3. The molecule has 0 aromatic heterocycles. The number of benzene rings is 2. The number of carbonyl (C=O) groups excluding carboxylic acids is 2. The third-order valence-corrected chi connectivity index (χ3v) is 4.55. The van der Waals surface area contributed by atoms with Crippen molar-refractivity contribution in [2.75, 3.05) is 11.4 Å². The second kappa shape index (κ2) is 6.48. The molecule has 4 nitrogen and oxygen atoms in total. The van der Waals surface area contributed by atoms with E-state index in [1.54, 1.807) is 17.9 Å². The van der Waals surface area contributed by atoms with Crippen LogP contribution in [0.2, 0.25) is 0 Å². The lowest BCUT2D eigenvalue weighted by Crippen LogP contribution is -2.26. The SMILES string of the molecule is CC(=O)N1CCc2cc(C(=O)NCc3ccc(C)cc3C)ccc21. The van der Waals surface area contributed by atoms with Gasteiger partial charge in [-0.15, -0.1) is 0 Å². The molecule has 124 valence electrons. The molecule has 4 heteroatoms. The molecule has 0 aliphatic carbocycles. The average molecular weight is 322 g/mol. The van der Waals surface area contributed by atoms with Gasteiger partial charge in [0, 0.05) is 31.3 Å².